The van der Waals surface area contributed by atoms with Crippen LogP contribution < -0.4 is 5.32 Å². The Hall–Kier alpha value is -2.15. The number of sulfone groups is 1. The van der Waals surface area contributed by atoms with Gasteiger partial charge in [-0.05, 0) is 25.0 Å². The number of esters is 1. The van der Waals surface area contributed by atoms with E-state index in [2.05, 4.69) is 5.32 Å². The van der Waals surface area contributed by atoms with Crippen molar-refractivity contribution in [3.63, 3.8) is 0 Å². The molecule has 1 saturated heterocycles. The largest absolute Gasteiger partial charge is 0.452 e. The monoisotopic (exact) mass is 337 g/mol. The van der Waals surface area contributed by atoms with Gasteiger partial charge in [-0.15, -0.1) is 0 Å². The Morgan fingerprint density at radius 1 is 1.30 bits per heavy atom. The molecule has 1 aromatic carbocycles. The first-order valence-electron chi connectivity index (χ1n) is 7.19. The molecule has 124 valence electrons. The lowest BCUT2D eigenvalue weighted by Gasteiger charge is -2.23. The maximum Gasteiger partial charge on any atom is 0.331 e. The van der Waals surface area contributed by atoms with E-state index in [-0.39, 0.29) is 11.5 Å². The summed E-state index contributed by atoms with van der Waals surface area (Å²) in [5.74, 6) is -1.17. The molecule has 0 spiro atoms. The van der Waals surface area contributed by atoms with Gasteiger partial charge in [0.2, 0.25) is 0 Å². The van der Waals surface area contributed by atoms with E-state index in [0.717, 1.165) is 5.56 Å². The molecule has 0 radical (unpaired) electrons. The van der Waals surface area contributed by atoms with E-state index in [4.69, 9.17) is 4.74 Å². The Morgan fingerprint density at radius 2 is 2.00 bits per heavy atom. The van der Waals surface area contributed by atoms with E-state index in [1.165, 1.54) is 6.08 Å². The third kappa shape index (κ3) is 5.52. The number of hydrogen-bond donors (Lipinski definition) is 1. The zero-order valence-electron chi connectivity index (χ0n) is 12.8. The van der Waals surface area contributed by atoms with Crippen molar-refractivity contribution in [3.8, 4) is 0 Å². The predicted molar refractivity (Wildman–Crippen MR) is 86.3 cm³/mol. The molecule has 0 bridgehead atoms. The number of rotatable bonds is 5. The second kappa shape index (κ2) is 6.95. The van der Waals surface area contributed by atoms with Crippen LogP contribution in [0.5, 0.6) is 0 Å². The summed E-state index contributed by atoms with van der Waals surface area (Å²) in [6.07, 6.45) is 3.19. The highest BCUT2D eigenvalue weighted by Gasteiger charge is 2.39. The van der Waals surface area contributed by atoms with Gasteiger partial charge < -0.3 is 10.1 Å². The first kappa shape index (κ1) is 17.2. The van der Waals surface area contributed by atoms with Crippen molar-refractivity contribution in [2.45, 2.75) is 18.9 Å². The predicted octanol–water partition coefficient (Wildman–Crippen LogP) is 0.936. The molecular weight excluding hydrogens is 318 g/mol. The second-order valence-electron chi connectivity index (χ2n) is 5.80. The molecule has 1 aliphatic heterocycles. The summed E-state index contributed by atoms with van der Waals surface area (Å²) in [6.45, 7) is 1.24. The van der Waals surface area contributed by atoms with Gasteiger partial charge in [0, 0.05) is 6.08 Å². The van der Waals surface area contributed by atoms with Gasteiger partial charge in [0.15, 0.2) is 16.4 Å². The molecule has 1 atom stereocenters. The van der Waals surface area contributed by atoms with Crippen molar-refractivity contribution >= 4 is 27.8 Å². The minimum absolute atomic E-state index is 0.0589. The minimum Gasteiger partial charge on any atom is -0.452 e. The molecule has 0 saturated carbocycles. The summed E-state index contributed by atoms with van der Waals surface area (Å²) in [5.41, 5.74) is 0.0555. The van der Waals surface area contributed by atoms with Crippen molar-refractivity contribution < 1.29 is 22.7 Å². The third-order valence-corrected chi connectivity index (χ3v) is 5.40. The fraction of sp³-hybridized carbons (Fsp3) is 0.375. The number of carbonyl (C=O) groups excluding carboxylic acids is 2. The molecule has 0 aromatic heterocycles. The summed E-state index contributed by atoms with van der Waals surface area (Å²) in [6, 6.07) is 9.21. The van der Waals surface area contributed by atoms with Crippen LogP contribution in [0.15, 0.2) is 36.4 Å². The van der Waals surface area contributed by atoms with E-state index in [1.54, 1.807) is 13.0 Å². The van der Waals surface area contributed by atoms with E-state index in [9.17, 15) is 18.0 Å². The first-order chi connectivity index (χ1) is 10.8. The molecule has 1 aromatic rings. The van der Waals surface area contributed by atoms with E-state index >= 15 is 0 Å². The van der Waals surface area contributed by atoms with Gasteiger partial charge in [-0.1, -0.05) is 30.3 Å². The summed E-state index contributed by atoms with van der Waals surface area (Å²) < 4.78 is 27.8. The van der Waals surface area contributed by atoms with Crippen LogP contribution in [0.1, 0.15) is 18.9 Å². The third-order valence-electron chi connectivity index (χ3n) is 3.50. The summed E-state index contributed by atoms with van der Waals surface area (Å²) in [7, 11) is -3.10. The van der Waals surface area contributed by atoms with E-state index in [1.807, 2.05) is 30.3 Å². The summed E-state index contributed by atoms with van der Waals surface area (Å²) >= 11 is 0. The zero-order valence-corrected chi connectivity index (χ0v) is 13.6. The maximum atomic E-state index is 11.8. The lowest BCUT2D eigenvalue weighted by molar-refractivity contribution is -0.144. The van der Waals surface area contributed by atoms with Crippen LogP contribution in [0.2, 0.25) is 0 Å². The van der Waals surface area contributed by atoms with Crippen molar-refractivity contribution in [2.75, 3.05) is 18.1 Å². The molecule has 7 heteroatoms. The fourth-order valence-corrected chi connectivity index (χ4v) is 4.49. The minimum atomic E-state index is -3.10. The molecule has 1 N–H and O–H groups in total. The molecule has 1 heterocycles. The smallest absolute Gasteiger partial charge is 0.331 e. The van der Waals surface area contributed by atoms with Crippen LogP contribution in [0.3, 0.4) is 0 Å². The summed E-state index contributed by atoms with van der Waals surface area (Å²) in [5, 5.41) is 2.62. The summed E-state index contributed by atoms with van der Waals surface area (Å²) in [4.78, 5) is 23.3. The number of benzene rings is 1. The molecule has 23 heavy (non-hydrogen) atoms. The Bertz CT molecular complexity index is 711. The standard InChI is InChI=1S/C16H19NO5S/c1-16(9-10-23(20,21)12-16)17-14(18)11-22-15(19)8-7-13-5-3-2-4-6-13/h2-8H,9-12H2,1H3,(H,17,18)/b8-7+/t16-/m1/s1. The first-order valence-corrected chi connectivity index (χ1v) is 9.02. The van der Waals surface area contributed by atoms with Gasteiger partial charge in [-0.25, -0.2) is 13.2 Å². The zero-order chi connectivity index (χ0) is 16.9. The van der Waals surface area contributed by atoms with Gasteiger partial charge in [0.25, 0.3) is 5.91 Å². The number of hydrogen-bond acceptors (Lipinski definition) is 5. The average Bonchev–Trinajstić information content (AvgIpc) is 2.77. The molecule has 6 nitrogen and oxygen atoms in total. The van der Waals surface area contributed by atoms with Crippen molar-refractivity contribution in [2.24, 2.45) is 0 Å². The molecule has 0 unspecified atom stereocenters. The van der Waals surface area contributed by atoms with Gasteiger partial charge in [-0.3, -0.25) is 4.79 Å². The SMILES string of the molecule is C[C@@]1(NC(=O)COC(=O)/C=C/c2ccccc2)CCS(=O)(=O)C1. The van der Waals surface area contributed by atoms with Gasteiger partial charge >= 0.3 is 5.97 Å². The Kier molecular flexibility index (Phi) is 5.20. The Morgan fingerprint density at radius 3 is 2.61 bits per heavy atom. The van der Waals surface area contributed by atoms with E-state index in [0.29, 0.717) is 6.42 Å². The van der Waals surface area contributed by atoms with Crippen LogP contribution in [-0.2, 0) is 24.2 Å². The lowest BCUT2D eigenvalue weighted by atomic mass is 10.0. The van der Waals surface area contributed by atoms with Crippen LogP contribution in [0.25, 0.3) is 6.08 Å². The lowest BCUT2D eigenvalue weighted by Crippen LogP contribution is -2.48. The number of ether oxygens (including phenoxy) is 1. The Balaban J connectivity index is 1.78. The van der Waals surface area contributed by atoms with Gasteiger partial charge in [-0.2, -0.15) is 0 Å². The topological polar surface area (TPSA) is 89.5 Å². The highest BCUT2D eigenvalue weighted by atomic mass is 32.2. The Labute approximate surface area is 135 Å². The highest BCUT2D eigenvalue weighted by molar-refractivity contribution is 7.91. The molecule has 1 amide bonds. The molecular formula is C16H19NO5S. The van der Waals surface area contributed by atoms with Gasteiger partial charge in [0.05, 0.1) is 17.0 Å². The average molecular weight is 337 g/mol. The highest BCUT2D eigenvalue weighted by Crippen LogP contribution is 2.22. The second-order valence-corrected chi connectivity index (χ2v) is 7.99. The maximum absolute atomic E-state index is 11.8. The van der Waals surface area contributed by atoms with Crippen LogP contribution in [0, 0.1) is 0 Å². The van der Waals surface area contributed by atoms with Crippen LogP contribution in [0.4, 0.5) is 0 Å². The van der Waals surface area contributed by atoms with Crippen LogP contribution >= 0.6 is 0 Å². The number of carbonyl (C=O) groups is 2. The van der Waals surface area contributed by atoms with E-state index < -0.39 is 33.9 Å². The number of nitrogens with one attached hydrogen (secondary N) is 1. The number of amides is 1. The molecule has 0 aliphatic carbocycles. The van der Waals surface area contributed by atoms with Crippen LogP contribution in [-0.4, -0.2) is 43.9 Å². The quantitative estimate of drug-likeness (QED) is 0.638. The van der Waals surface area contributed by atoms with Crippen molar-refractivity contribution in [1.29, 1.82) is 0 Å². The normalized spacial score (nSPS) is 22.8. The van der Waals surface area contributed by atoms with Crippen molar-refractivity contribution in [1.82, 2.24) is 5.32 Å². The fourth-order valence-electron chi connectivity index (χ4n) is 2.39. The molecule has 2 rings (SSSR count). The van der Waals surface area contributed by atoms with Crippen molar-refractivity contribution in [3.05, 3.63) is 42.0 Å². The molecule has 1 aliphatic rings. The van der Waals surface area contributed by atoms with Gasteiger partial charge in [0.1, 0.15) is 0 Å². The molecule has 1 fully saturated rings.